The number of alkyl halides is 3. The summed E-state index contributed by atoms with van der Waals surface area (Å²) in [5.41, 5.74) is 6.89. The first-order valence-electron chi connectivity index (χ1n) is 9.70. The summed E-state index contributed by atoms with van der Waals surface area (Å²) in [5, 5.41) is 2.47. The zero-order chi connectivity index (χ0) is 21.6. The van der Waals surface area contributed by atoms with Crippen LogP contribution >= 0.6 is 0 Å². The van der Waals surface area contributed by atoms with E-state index >= 15 is 0 Å². The number of halogens is 3. The molecule has 0 saturated carbocycles. The molecule has 2 N–H and O–H groups in total. The number of allylic oxidation sites excluding steroid dienone is 2. The Morgan fingerprint density at radius 1 is 1.16 bits per heavy atom. The van der Waals surface area contributed by atoms with E-state index in [1.807, 2.05) is 30.3 Å². The summed E-state index contributed by atoms with van der Waals surface area (Å²) in [6, 6.07) is 11.5. The Balaban J connectivity index is 1.40. The van der Waals surface area contributed by atoms with E-state index in [-0.39, 0.29) is 5.75 Å². The van der Waals surface area contributed by atoms with Crippen LogP contribution in [0.2, 0.25) is 0 Å². The average Bonchev–Trinajstić information content (AvgIpc) is 3.29. The van der Waals surface area contributed by atoms with Gasteiger partial charge in [-0.1, -0.05) is 30.3 Å². The van der Waals surface area contributed by atoms with Gasteiger partial charge in [0.1, 0.15) is 5.75 Å². The van der Waals surface area contributed by atoms with Crippen LogP contribution in [-0.2, 0) is 12.8 Å². The van der Waals surface area contributed by atoms with Crippen LogP contribution in [0.5, 0.6) is 5.75 Å². The highest BCUT2D eigenvalue weighted by Crippen LogP contribution is 2.36. The summed E-state index contributed by atoms with van der Waals surface area (Å²) in [7, 11) is 0. The zero-order valence-electron chi connectivity index (χ0n) is 16.2. The number of H-pyrrole nitrogens is 1. The Morgan fingerprint density at radius 3 is 2.84 bits per heavy atom. The first-order chi connectivity index (χ1) is 14.9. The fraction of sp³-hybridized carbons (Fsp3) is 0.182. The second-order valence-corrected chi connectivity index (χ2v) is 7.25. The maximum atomic E-state index is 12.7. The number of benzene rings is 2. The quantitative estimate of drug-likeness (QED) is 0.627. The molecule has 0 radical (unpaired) electrons. The molecule has 158 valence electrons. The summed E-state index contributed by atoms with van der Waals surface area (Å²) < 4.78 is 42.1. The van der Waals surface area contributed by atoms with Crippen LogP contribution in [0.1, 0.15) is 16.8 Å². The number of nitrogens with zero attached hydrogens (tertiary/aromatic N) is 2. The van der Waals surface area contributed by atoms with Gasteiger partial charge in [-0.2, -0.15) is 4.99 Å². The molecule has 5 rings (SSSR count). The molecule has 1 aliphatic heterocycles. The molecule has 6 nitrogen and oxygen atoms in total. The second kappa shape index (κ2) is 7.19. The average molecular weight is 426 g/mol. The van der Waals surface area contributed by atoms with Crippen molar-refractivity contribution in [2.45, 2.75) is 19.2 Å². The van der Waals surface area contributed by atoms with Crippen LogP contribution < -0.4 is 15.2 Å². The number of amides is 2. The Kier molecular flexibility index (Phi) is 4.46. The van der Waals surface area contributed by atoms with Crippen LogP contribution in [0.4, 0.5) is 23.7 Å². The summed E-state index contributed by atoms with van der Waals surface area (Å²) in [6.07, 6.45) is -0.0235. The number of hydrogen-bond acceptors (Lipinski definition) is 3. The molecule has 2 aromatic carbocycles. The normalized spacial score (nSPS) is 16.5. The molecular formula is C22H17F3N4O2. The molecule has 0 saturated heterocycles. The summed E-state index contributed by atoms with van der Waals surface area (Å²) >= 11 is 0. The van der Waals surface area contributed by atoms with E-state index in [1.54, 1.807) is 12.1 Å². The standard InChI is InChI=1S/C22H17F3N4O2/c23-22(24,25)31-19-10-4-9-18-14(19)11-12-29(18)28-21(30)27-17-8-3-7-16-20(17)13-5-1-2-6-15(13)26-16/h1-6,8-10,26H,7,11-12H2,(H,28,30). The van der Waals surface area contributed by atoms with Crippen LogP contribution in [0, 0.1) is 0 Å². The van der Waals surface area contributed by atoms with Gasteiger partial charge in [-0.05, 0) is 30.7 Å². The lowest BCUT2D eigenvalue weighted by Crippen LogP contribution is -2.40. The van der Waals surface area contributed by atoms with Gasteiger partial charge < -0.3 is 9.72 Å². The fourth-order valence-corrected chi connectivity index (χ4v) is 4.10. The van der Waals surface area contributed by atoms with E-state index in [0.717, 1.165) is 22.2 Å². The second-order valence-electron chi connectivity index (χ2n) is 7.25. The highest BCUT2D eigenvalue weighted by atomic mass is 19.4. The molecule has 1 aromatic heterocycles. The number of carbonyl (C=O) groups is 1. The van der Waals surface area contributed by atoms with Crippen molar-refractivity contribution in [2.24, 2.45) is 4.99 Å². The molecule has 2 heterocycles. The van der Waals surface area contributed by atoms with E-state index in [0.29, 0.717) is 36.3 Å². The number of fused-ring (bicyclic) bond motifs is 4. The largest absolute Gasteiger partial charge is 0.573 e. The lowest BCUT2D eigenvalue weighted by Gasteiger charge is -2.20. The maximum absolute atomic E-state index is 12.7. The van der Waals surface area contributed by atoms with Crippen LogP contribution in [-0.4, -0.2) is 29.6 Å². The topological polar surface area (TPSA) is 69.7 Å². The van der Waals surface area contributed by atoms with Crippen LogP contribution in [0.25, 0.3) is 10.9 Å². The van der Waals surface area contributed by atoms with Crippen LogP contribution in [0.15, 0.2) is 59.6 Å². The van der Waals surface area contributed by atoms with Crippen molar-refractivity contribution < 1.29 is 22.7 Å². The predicted octanol–water partition coefficient (Wildman–Crippen LogP) is 4.66. The molecule has 0 bridgehead atoms. The SMILES string of the molecule is O=C(N=C1C=CCc2[nH]c3ccccc3c21)NN1CCc2c(OC(F)(F)F)cccc21. The van der Waals surface area contributed by atoms with Gasteiger partial charge in [0, 0.05) is 40.7 Å². The number of ether oxygens (including phenoxy) is 1. The molecule has 9 heteroatoms. The lowest BCUT2D eigenvalue weighted by molar-refractivity contribution is -0.274. The van der Waals surface area contributed by atoms with E-state index in [1.165, 1.54) is 17.1 Å². The Morgan fingerprint density at radius 2 is 2.00 bits per heavy atom. The van der Waals surface area contributed by atoms with E-state index < -0.39 is 12.4 Å². The van der Waals surface area contributed by atoms with Gasteiger partial charge in [-0.25, -0.2) is 10.2 Å². The minimum absolute atomic E-state index is 0.258. The Hall–Kier alpha value is -3.75. The van der Waals surface area contributed by atoms with Crippen LogP contribution in [0.3, 0.4) is 0 Å². The predicted molar refractivity (Wildman–Crippen MR) is 110 cm³/mol. The summed E-state index contributed by atoms with van der Waals surface area (Å²) in [4.78, 5) is 20.2. The van der Waals surface area contributed by atoms with Crippen molar-refractivity contribution in [1.82, 2.24) is 10.4 Å². The molecule has 1 aliphatic carbocycles. The molecular weight excluding hydrogens is 409 g/mol. The number of urea groups is 1. The molecule has 3 aromatic rings. The van der Waals surface area contributed by atoms with Gasteiger partial charge in [0.15, 0.2) is 0 Å². The van der Waals surface area contributed by atoms with Crippen molar-refractivity contribution in [2.75, 3.05) is 11.6 Å². The zero-order valence-corrected chi connectivity index (χ0v) is 16.2. The molecule has 0 fully saturated rings. The first kappa shape index (κ1) is 19.2. The van der Waals surface area contributed by atoms with Crippen molar-refractivity contribution >= 4 is 28.3 Å². The number of anilines is 1. The van der Waals surface area contributed by atoms with Gasteiger partial charge in [-0.3, -0.25) is 5.01 Å². The number of hydrogen-bond donors (Lipinski definition) is 2. The summed E-state index contributed by atoms with van der Waals surface area (Å²) in [6.45, 7) is 0.318. The van der Waals surface area contributed by atoms with E-state index in [9.17, 15) is 18.0 Å². The smallest absolute Gasteiger partial charge is 0.405 e. The van der Waals surface area contributed by atoms with Gasteiger partial charge in [0.2, 0.25) is 0 Å². The van der Waals surface area contributed by atoms with Gasteiger partial charge in [0.25, 0.3) is 0 Å². The Labute approximate surface area is 175 Å². The molecule has 0 spiro atoms. The third-order valence-corrected chi connectivity index (χ3v) is 5.30. The highest BCUT2D eigenvalue weighted by molar-refractivity contribution is 6.20. The minimum Gasteiger partial charge on any atom is -0.405 e. The monoisotopic (exact) mass is 426 g/mol. The number of rotatable bonds is 2. The number of aromatic nitrogens is 1. The number of aromatic amines is 1. The Bertz CT molecular complexity index is 1240. The lowest BCUT2D eigenvalue weighted by atomic mass is 9.99. The molecule has 0 unspecified atom stereocenters. The van der Waals surface area contributed by atoms with Crippen molar-refractivity contribution in [3.63, 3.8) is 0 Å². The van der Waals surface area contributed by atoms with Crippen molar-refractivity contribution in [1.29, 1.82) is 0 Å². The maximum Gasteiger partial charge on any atom is 0.573 e. The number of hydrazine groups is 1. The number of nitrogens with one attached hydrogen (secondary N) is 2. The van der Waals surface area contributed by atoms with E-state index in [2.05, 4.69) is 20.1 Å². The first-order valence-corrected chi connectivity index (χ1v) is 9.70. The van der Waals surface area contributed by atoms with Gasteiger partial charge in [0.05, 0.1) is 11.4 Å². The van der Waals surface area contributed by atoms with Gasteiger partial charge in [-0.15, -0.1) is 13.2 Å². The third kappa shape index (κ3) is 3.63. The molecule has 31 heavy (non-hydrogen) atoms. The fourth-order valence-electron chi connectivity index (χ4n) is 4.10. The number of aliphatic imine (C=N–C) groups is 1. The molecule has 2 aliphatic rings. The number of carbonyl (C=O) groups excluding carboxylic acids is 1. The highest BCUT2D eigenvalue weighted by Gasteiger charge is 2.34. The minimum atomic E-state index is -4.78. The van der Waals surface area contributed by atoms with Crippen molar-refractivity contribution in [3.8, 4) is 5.75 Å². The molecule has 0 atom stereocenters. The van der Waals surface area contributed by atoms with E-state index in [4.69, 9.17) is 0 Å². The van der Waals surface area contributed by atoms with Crippen molar-refractivity contribution in [3.05, 3.63) is 71.4 Å². The number of para-hydroxylation sites is 1. The summed E-state index contributed by atoms with van der Waals surface area (Å²) in [5.74, 6) is -0.258. The molecule has 2 amide bonds. The third-order valence-electron chi connectivity index (χ3n) is 5.30. The van der Waals surface area contributed by atoms with Gasteiger partial charge >= 0.3 is 12.4 Å².